The smallest absolute Gasteiger partial charge is 0.313 e. The molecule has 1 fully saturated rings. The molecule has 4 amide bonds. The SMILES string of the molecule is CC(=O)Nc1cccc(NC(=O)C(=O)NCC(=O)N2CCOC(c3ccccc3)C2)c1. The highest BCUT2D eigenvalue weighted by Gasteiger charge is 2.26. The maximum atomic E-state index is 12.5. The third-order valence-electron chi connectivity index (χ3n) is 4.64. The first-order valence-electron chi connectivity index (χ1n) is 9.83. The number of ether oxygens (including phenoxy) is 1. The van der Waals surface area contributed by atoms with Crippen LogP contribution in [0.3, 0.4) is 0 Å². The molecule has 0 aromatic heterocycles. The molecule has 3 N–H and O–H groups in total. The van der Waals surface area contributed by atoms with Crippen LogP contribution in [0.15, 0.2) is 54.6 Å². The minimum atomic E-state index is -0.925. The minimum absolute atomic E-state index is 0.228. The number of nitrogens with one attached hydrogen (secondary N) is 3. The van der Waals surface area contributed by atoms with Crippen LogP contribution in [0.1, 0.15) is 18.6 Å². The van der Waals surface area contributed by atoms with Gasteiger partial charge in [-0.2, -0.15) is 0 Å². The van der Waals surface area contributed by atoms with Crippen molar-refractivity contribution < 1.29 is 23.9 Å². The van der Waals surface area contributed by atoms with Gasteiger partial charge in [0.05, 0.1) is 19.7 Å². The summed E-state index contributed by atoms with van der Waals surface area (Å²) in [7, 11) is 0. The molecular weight excluding hydrogens is 400 g/mol. The third kappa shape index (κ3) is 6.38. The van der Waals surface area contributed by atoms with Crippen molar-refractivity contribution in [2.75, 3.05) is 36.9 Å². The van der Waals surface area contributed by atoms with Gasteiger partial charge in [-0.15, -0.1) is 0 Å². The average Bonchev–Trinajstić information content (AvgIpc) is 2.77. The predicted molar refractivity (Wildman–Crippen MR) is 114 cm³/mol. The number of amides is 4. The summed E-state index contributed by atoms with van der Waals surface area (Å²) in [4.78, 5) is 49.4. The van der Waals surface area contributed by atoms with Gasteiger partial charge in [0, 0.05) is 24.8 Å². The first-order valence-corrected chi connectivity index (χ1v) is 9.83. The molecule has 9 nitrogen and oxygen atoms in total. The van der Waals surface area contributed by atoms with Crippen molar-refractivity contribution in [1.29, 1.82) is 0 Å². The van der Waals surface area contributed by atoms with Crippen molar-refractivity contribution >= 4 is 35.0 Å². The lowest BCUT2D eigenvalue weighted by Gasteiger charge is -2.33. The van der Waals surface area contributed by atoms with Gasteiger partial charge in [-0.1, -0.05) is 36.4 Å². The molecule has 0 spiro atoms. The van der Waals surface area contributed by atoms with Gasteiger partial charge >= 0.3 is 11.8 Å². The third-order valence-corrected chi connectivity index (χ3v) is 4.64. The first kappa shape index (κ1) is 22.0. The van der Waals surface area contributed by atoms with E-state index in [4.69, 9.17) is 4.74 Å². The zero-order chi connectivity index (χ0) is 22.2. The van der Waals surface area contributed by atoms with Crippen molar-refractivity contribution in [3.05, 3.63) is 60.2 Å². The number of hydrogen-bond acceptors (Lipinski definition) is 5. The van der Waals surface area contributed by atoms with Crippen LogP contribution in [0, 0.1) is 0 Å². The number of rotatable bonds is 5. The van der Waals surface area contributed by atoms with E-state index in [2.05, 4.69) is 16.0 Å². The Morgan fingerprint density at radius 2 is 1.68 bits per heavy atom. The van der Waals surface area contributed by atoms with Crippen LogP contribution in [0.5, 0.6) is 0 Å². The second-order valence-corrected chi connectivity index (χ2v) is 7.01. The van der Waals surface area contributed by atoms with Crippen molar-refractivity contribution in [2.45, 2.75) is 13.0 Å². The van der Waals surface area contributed by atoms with E-state index >= 15 is 0 Å². The highest BCUT2D eigenvalue weighted by Crippen LogP contribution is 2.21. The fourth-order valence-electron chi connectivity index (χ4n) is 3.16. The summed E-state index contributed by atoms with van der Waals surface area (Å²) >= 11 is 0. The van der Waals surface area contributed by atoms with Crippen LogP contribution in [0.4, 0.5) is 11.4 Å². The maximum absolute atomic E-state index is 12.5. The molecule has 2 aromatic rings. The maximum Gasteiger partial charge on any atom is 0.313 e. The van der Waals surface area contributed by atoms with Crippen molar-refractivity contribution in [1.82, 2.24) is 10.2 Å². The van der Waals surface area contributed by atoms with Crippen LogP contribution in [0.2, 0.25) is 0 Å². The van der Waals surface area contributed by atoms with E-state index in [0.717, 1.165) is 5.56 Å². The summed E-state index contributed by atoms with van der Waals surface area (Å²) in [5.74, 6) is -2.38. The Bertz CT molecular complexity index is 963. The van der Waals surface area contributed by atoms with Gasteiger partial charge in [0.2, 0.25) is 11.8 Å². The summed E-state index contributed by atoms with van der Waals surface area (Å²) in [6, 6.07) is 16.0. The molecule has 3 rings (SSSR count). The van der Waals surface area contributed by atoms with E-state index < -0.39 is 11.8 Å². The fraction of sp³-hybridized carbons (Fsp3) is 0.273. The van der Waals surface area contributed by atoms with E-state index in [0.29, 0.717) is 31.1 Å². The molecule has 1 atom stereocenters. The molecular formula is C22H24N4O5. The van der Waals surface area contributed by atoms with E-state index in [1.165, 1.54) is 13.0 Å². The summed E-state index contributed by atoms with van der Waals surface area (Å²) in [6.07, 6.45) is -0.228. The summed E-state index contributed by atoms with van der Waals surface area (Å²) in [5.41, 5.74) is 1.81. The van der Waals surface area contributed by atoms with Gasteiger partial charge < -0.3 is 25.6 Å². The molecule has 9 heteroatoms. The van der Waals surface area contributed by atoms with Crippen LogP contribution in [-0.4, -0.2) is 54.8 Å². The van der Waals surface area contributed by atoms with E-state index in [9.17, 15) is 19.2 Å². The van der Waals surface area contributed by atoms with Gasteiger partial charge in [0.1, 0.15) is 6.10 Å². The zero-order valence-corrected chi connectivity index (χ0v) is 17.1. The Kier molecular flexibility index (Phi) is 7.34. The summed E-state index contributed by atoms with van der Waals surface area (Å²) in [5, 5.41) is 7.38. The van der Waals surface area contributed by atoms with Crippen LogP contribution in [0.25, 0.3) is 0 Å². The molecule has 0 bridgehead atoms. The normalized spacial score (nSPS) is 15.6. The Morgan fingerprint density at radius 1 is 0.968 bits per heavy atom. The molecule has 1 aliphatic rings. The number of hydrogen-bond donors (Lipinski definition) is 3. The molecule has 31 heavy (non-hydrogen) atoms. The Balaban J connectivity index is 1.49. The van der Waals surface area contributed by atoms with E-state index in [1.807, 2.05) is 30.3 Å². The Hall–Kier alpha value is -3.72. The van der Waals surface area contributed by atoms with Crippen LogP contribution in [-0.2, 0) is 23.9 Å². The topological polar surface area (TPSA) is 117 Å². The average molecular weight is 424 g/mol. The first-order chi connectivity index (χ1) is 14.9. The lowest BCUT2D eigenvalue weighted by Crippen LogP contribution is -2.48. The van der Waals surface area contributed by atoms with Crippen molar-refractivity contribution in [2.24, 2.45) is 0 Å². The second-order valence-electron chi connectivity index (χ2n) is 7.01. The number of carbonyl (C=O) groups excluding carboxylic acids is 4. The lowest BCUT2D eigenvalue weighted by atomic mass is 10.1. The summed E-state index contributed by atoms with van der Waals surface area (Å²) < 4.78 is 5.74. The van der Waals surface area contributed by atoms with Crippen molar-refractivity contribution in [3.63, 3.8) is 0 Å². The minimum Gasteiger partial charge on any atom is -0.370 e. The molecule has 2 aromatic carbocycles. The predicted octanol–water partition coefficient (Wildman–Crippen LogP) is 1.30. The molecule has 1 aliphatic heterocycles. The van der Waals surface area contributed by atoms with E-state index in [1.54, 1.807) is 23.1 Å². The Morgan fingerprint density at radius 3 is 2.39 bits per heavy atom. The standard InChI is InChI=1S/C22H24N4O5/c1-15(27)24-17-8-5-9-18(12-17)25-22(30)21(29)23-13-20(28)26-10-11-31-19(14-26)16-6-3-2-4-7-16/h2-9,12,19H,10-11,13-14H2,1H3,(H,23,29)(H,24,27)(H,25,30). The molecule has 0 radical (unpaired) electrons. The quantitative estimate of drug-likeness (QED) is 0.626. The highest BCUT2D eigenvalue weighted by atomic mass is 16.5. The van der Waals surface area contributed by atoms with Gasteiger partial charge in [0.15, 0.2) is 0 Å². The van der Waals surface area contributed by atoms with E-state index in [-0.39, 0.29) is 24.5 Å². The Labute approximate surface area is 179 Å². The zero-order valence-electron chi connectivity index (χ0n) is 17.1. The molecule has 0 saturated carbocycles. The van der Waals surface area contributed by atoms with Crippen molar-refractivity contribution in [3.8, 4) is 0 Å². The number of nitrogens with zero attached hydrogens (tertiary/aromatic N) is 1. The number of morpholine rings is 1. The van der Waals surface area contributed by atoms with Crippen LogP contribution >= 0.6 is 0 Å². The largest absolute Gasteiger partial charge is 0.370 e. The number of carbonyl (C=O) groups is 4. The van der Waals surface area contributed by atoms with Crippen LogP contribution < -0.4 is 16.0 Å². The lowest BCUT2D eigenvalue weighted by molar-refractivity contribution is -0.141. The number of anilines is 2. The summed E-state index contributed by atoms with van der Waals surface area (Å²) in [6.45, 7) is 2.26. The highest BCUT2D eigenvalue weighted by molar-refractivity contribution is 6.39. The molecule has 162 valence electrons. The number of benzene rings is 2. The molecule has 1 heterocycles. The fourth-order valence-corrected chi connectivity index (χ4v) is 3.16. The van der Waals surface area contributed by atoms with Gasteiger partial charge in [-0.05, 0) is 23.8 Å². The molecule has 1 unspecified atom stereocenters. The van der Waals surface area contributed by atoms with Gasteiger partial charge in [-0.3, -0.25) is 19.2 Å². The molecule has 0 aliphatic carbocycles. The molecule has 1 saturated heterocycles. The van der Waals surface area contributed by atoms with Gasteiger partial charge in [0.25, 0.3) is 0 Å². The second kappa shape index (κ2) is 10.4. The monoisotopic (exact) mass is 424 g/mol. The van der Waals surface area contributed by atoms with Gasteiger partial charge in [-0.25, -0.2) is 0 Å².